The Morgan fingerprint density at radius 1 is 1.41 bits per heavy atom. The fourth-order valence-corrected chi connectivity index (χ4v) is 2.22. The van der Waals surface area contributed by atoms with Gasteiger partial charge in [0.05, 0.1) is 5.54 Å². The van der Waals surface area contributed by atoms with Crippen molar-refractivity contribution in [1.29, 1.82) is 0 Å². The fourth-order valence-electron chi connectivity index (χ4n) is 2.22. The monoisotopic (exact) mass is 236 g/mol. The lowest BCUT2D eigenvalue weighted by Crippen LogP contribution is -2.34. The van der Waals surface area contributed by atoms with E-state index in [0.29, 0.717) is 11.9 Å². The third kappa shape index (κ3) is 2.04. The first-order valence-electron chi connectivity index (χ1n) is 6.11. The Bertz CT molecular complexity index is 432. The van der Waals surface area contributed by atoms with Crippen molar-refractivity contribution >= 4 is 5.91 Å². The molecule has 2 fully saturated rings. The van der Waals surface area contributed by atoms with Crippen LogP contribution in [0, 0.1) is 0 Å². The van der Waals surface area contributed by atoms with Crippen LogP contribution in [0.1, 0.15) is 55.0 Å². The van der Waals surface area contributed by atoms with E-state index >= 15 is 0 Å². The average Bonchev–Trinajstić information content (AvgIpc) is 2.84. The van der Waals surface area contributed by atoms with E-state index in [1.165, 1.54) is 0 Å². The highest BCUT2D eigenvalue weighted by Gasteiger charge is 2.37. The number of hydrogen-bond donors (Lipinski definition) is 2. The third-order valence-corrected chi connectivity index (χ3v) is 3.46. The van der Waals surface area contributed by atoms with Crippen LogP contribution in [0.3, 0.4) is 0 Å². The van der Waals surface area contributed by atoms with Crippen LogP contribution in [0.25, 0.3) is 0 Å². The summed E-state index contributed by atoms with van der Waals surface area (Å²) < 4.78 is 5.13. The van der Waals surface area contributed by atoms with Gasteiger partial charge in [-0.2, -0.15) is 4.98 Å². The van der Waals surface area contributed by atoms with Gasteiger partial charge in [-0.15, -0.1) is 0 Å². The molecule has 17 heavy (non-hydrogen) atoms. The number of carbonyl (C=O) groups excluding carboxylic acids is 1. The molecule has 1 heterocycles. The Morgan fingerprint density at radius 3 is 2.76 bits per heavy atom. The number of nitrogens with two attached hydrogens (primary N) is 1. The maximum atomic E-state index is 11.7. The topological polar surface area (TPSA) is 94.0 Å². The molecule has 0 aromatic carbocycles. The summed E-state index contributed by atoms with van der Waals surface area (Å²) in [5.74, 6) is 0.240. The summed E-state index contributed by atoms with van der Waals surface area (Å²) >= 11 is 0. The molecule has 0 unspecified atom stereocenters. The molecule has 92 valence electrons. The van der Waals surface area contributed by atoms with Crippen LogP contribution >= 0.6 is 0 Å². The number of hydrogen-bond acceptors (Lipinski definition) is 5. The normalized spacial score (nSPS) is 22.6. The van der Waals surface area contributed by atoms with Crippen molar-refractivity contribution in [2.45, 2.75) is 50.1 Å². The largest absolute Gasteiger partial charge is 0.346 e. The molecule has 0 atom stereocenters. The molecule has 2 aliphatic rings. The number of aromatic nitrogens is 2. The van der Waals surface area contributed by atoms with E-state index in [4.69, 9.17) is 10.3 Å². The van der Waals surface area contributed by atoms with E-state index < -0.39 is 5.54 Å². The standard InChI is InChI=1S/C11H16N4O2/c12-11(5-1-2-6-11)10-14-8(15-17-10)9(16)13-7-3-4-7/h7H,1-6,12H2,(H,13,16). The Morgan fingerprint density at radius 2 is 2.12 bits per heavy atom. The van der Waals surface area contributed by atoms with Gasteiger partial charge in [-0.25, -0.2) is 0 Å². The van der Waals surface area contributed by atoms with Gasteiger partial charge in [0.1, 0.15) is 0 Å². The smallest absolute Gasteiger partial charge is 0.292 e. The summed E-state index contributed by atoms with van der Waals surface area (Å²) in [6.07, 6.45) is 5.91. The van der Waals surface area contributed by atoms with Crippen molar-refractivity contribution in [2.75, 3.05) is 0 Å². The van der Waals surface area contributed by atoms with E-state index in [2.05, 4.69) is 15.5 Å². The van der Waals surface area contributed by atoms with Crippen LogP contribution in [0.4, 0.5) is 0 Å². The average molecular weight is 236 g/mol. The lowest BCUT2D eigenvalue weighted by molar-refractivity contribution is 0.0937. The summed E-state index contributed by atoms with van der Waals surface area (Å²) in [5, 5.41) is 6.53. The number of nitrogens with zero attached hydrogens (tertiary/aromatic N) is 2. The highest BCUT2D eigenvalue weighted by molar-refractivity contribution is 5.90. The Labute approximate surface area is 98.9 Å². The minimum absolute atomic E-state index is 0.101. The maximum absolute atomic E-state index is 11.7. The molecular formula is C11H16N4O2. The summed E-state index contributed by atoms with van der Waals surface area (Å²) in [6.45, 7) is 0. The summed E-state index contributed by atoms with van der Waals surface area (Å²) in [5.41, 5.74) is 5.66. The molecule has 0 aliphatic heterocycles. The van der Waals surface area contributed by atoms with Gasteiger partial charge in [0.25, 0.3) is 11.7 Å². The van der Waals surface area contributed by atoms with Crippen molar-refractivity contribution in [3.63, 3.8) is 0 Å². The van der Waals surface area contributed by atoms with E-state index in [0.717, 1.165) is 38.5 Å². The Kier molecular flexibility index (Phi) is 2.39. The quantitative estimate of drug-likeness (QED) is 0.805. The van der Waals surface area contributed by atoms with Crippen molar-refractivity contribution in [3.8, 4) is 0 Å². The van der Waals surface area contributed by atoms with Crippen LogP contribution in [0.15, 0.2) is 4.52 Å². The van der Waals surface area contributed by atoms with Gasteiger partial charge in [0, 0.05) is 6.04 Å². The van der Waals surface area contributed by atoms with Crippen molar-refractivity contribution < 1.29 is 9.32 Å². The molecule has 0 saturated heterocycles. The molecule has 3 N–H and O–H groups in total. The van der Waals surface area contributed by atoms with Crippen LogP contribution in [-0.4, -0.2) is 22.1 Å². The van der Waals surface area contributed by atoms with E-state index in [1.54, 1.807) is 0 Å². The van der Waals surface area contributed by atoms with Crippen molar-refractivity contribution in [3.05, 3.63) is 11.7 Å². The lowest BCUT2D eigenvalue weighted by Gasteiger charge is -2.16. The molecule has 3 rings (SSSR count). The zero-order valence-corrected chi connectivity index (χ0v) is 9.61. The summed E-state index contributed by atoms with van der Waals surface area (Å²) in [6, 6.07) is 0.294. The molecule has 6 heteroatoms. The second-order valence-corrected chi connectivity index (χ2v) is 5.03. The highest BCUT2D eigenvalue weighted by atomic mass is 16.5. The van der Waals surface area contributed by atoms with Gasteiger partial charge in [-0.1, -0.05) is 18.0 Å². The van der Waals surface area contributed by atoms with E-state index in [-0.39, 0.29) is 11.7 Å². The molecule has 1 aromatic heterocycles. The molecular weight excluding hydrogens is 220 g/mol. The first-order valence-corrected chi connectivity index (χ1v) is 6.11. The van der Waals surface area contributed by atoms with Crippen LogP contribution in [-0.2, 0) is 5.54 Å². The first kappa shape index (κ1) is 10.7. The SMILES string of the molecule is NC1(c2nc(C(=O)NC3CC3)no2)CCCC1. The van der Waals surface area contributed by atoms with Gasteiger partial charge in [-0.05, 0) is 25.7 Å². The molecule has 2 aliphatic carbocycles. The van der Waals surface area contributed by atoms with Crippen molar-refractivity contribution in [1.82, 2.24) is 15.5 Å². The molecule has 0 bridgehead atoms. The van der Waals surface area contributed by atoms with Crippen LogP contribution in [0.2, 0.25) is 0 Å². The van der Waals surface area contributed by atoms with Gasteiger partial charge in [-0.3, -0.25) is 4.79 Å². The Hall–Kier alpha value is -1.43. The van der Waals surface area contributed by atoms with Gasteiger partial charge in [0.15, 0.2) is 0 Å². The van der Waals surface area contributed by atoms with Gasteiger partial charge in [0.2, 0.25) is 5.89 Å². The van der Waals surface area contributed by atoms with Crippen LogP contribution in [0.5, 0.6) is 0 Å². The first-order chi connectivity index (χ1) is 8.17. The van der Waals surface area contributed by atoms with E-state index in [1.807, 2.05) is 0 Å². The van der Waals surface area contributed by atoms with Crippen molar-refractivity contribution in [2.24, 2.45) is 5.73 Å². The molecule has 6 nitrogen and oxygen atoms in total. The third-order valence-electron chi connectivity index (χ3n) is 3.46. The Balaban J connectivity index is 1.74. The molecule has 1 amide bonds. The second-order valence-electron chi connectivity index (χ2n) is 5.03. The molecule has 0 radical (unpaired) electrons. The maximum Gasteiger partial charge on any atom is 0.292 e. The van der Waals surface area contributed by atoms with Gasteiger partial charge < -0.3 is 15.6 Å². The van der Waals surface area contributed by atoms with Crippen LogP contribution < -0.4 is 11.1 Å². The number of rotatable bonds is 3. The zero-order chi connectivity index (χ0) is 11.9. The zero-order valence-electron chi connectivity index (χ0n) is 9.61. The second kappa shape index (κ2) is 3.80. The number of carbonyl (C=O) groups is 1. The molecule has 0 spiro atoms. The predicted molar refractivity (Wildman–Crippen MR) is 59.1 cm³/mol. The minimum Gasteiger partial charge on any atom is -0.346 e. The molecule has 2 saturated carbocycles. The van der Waals surface area contributed by atoms with E-state index in [9.17, 15) is 4.79 Å². The fraction of sp³-hybridized carbons (Fsp3) is 0.727. The number of nitrogens with one attached hydrogen (secondary N) is 1. The lowest BCUT2D eigenvalue weighted by atomic mass is 9.99. The summed E-state index contributed by atoms with van der Waals surface area (Å²) in [4.78, 5) is 15.8. The minimum atomic E-state index is -0.523. The predicted octanol–water partition coefficient (Wildman–Crippen LogP) is 0.690. The number of amides is 1. The summed E-state index contributed by atoms with van der Waals surface area (Å²) in [7, 11) is 0. The highest BCUT2D eigenvalue weighted by Crippen LogP contribution is 2.35. The van der Waals surface area contributed by atoms with Gasteiger partial charge >= 0.3 is 0 Å². The molecule has 1 aromatic rings.